The Kier molecular flexibility index (Phi) is 7.58. The minimum atomic E-state index is -0.216. The third-order valence-corrected chi connectivity index (χ3v) is 7.19. The summed E-state index contributed by atoms with van der Waals surface area (Å²) in [6.07, 6.45) is 5.60. The van der Waals surface area contributed by atoms with E-state index in [9.17, 15) is 9.59 Å². The van der Waals surface area contributed by atoms with E-state index in [0.717, 1.165) is 17.8 Å². The van der Waals surface area contributed by atoms with Gasteiger partial charge in [0, 0.05) is 40.3 Å². The molecule has 190 valence electrons. The lowest BCUT2D eigenvalue weighted by Gasteiger charge is -2.26. The number of carbonyl (C=O) groups excluding carboxylic acids is 2. The van der Waals surface area contributed by atoms with E-state index in [1.54, 1.807) is 30.5 Å². The summed E-state index contributed by atoms with van der Waals surface area (Å²) >= 11 is 6.09. The van der Waals surface area contributed by atoms with Crippen molar-refractivity contribution in [1.29, 1.82) is 0 Å². The van der Waals surface area contributed by atoms with Gasteiger partial charge >= 0.3 is 0 Å². The Labute approximate surface area is 222 Å². The van der Waals surface area contributed by atoms with Crippen LogP contribution in [0.2, 0.25) is 5.02 Å². The average molecular weight is 515 g/mol. The molecule has 1 atom stereocenters. The summed E-state index contributed by atoms with van der Waals surface area (Å²) in [6, 6.07) is 20.8. The molecule has 2 heterocycles. The molecule has 0 radical (unpaired) electrons. The Morgan fingerprint density at radius 2 is 1.84 bits per heavy atom. The lowest BCUT2D eigenvalue weighted by Crippen LogP contribution is -2.29. The fourth-order valence-electron chi connectivity index (χ4n) is 4.85. The molecule has 7 heteroatoms. The number of benzene rings is 3. The number of piperidine rings is 1. The first-order chi connectivity index (χ1) is 18.0. The molecule has 5 rings (SSSR count). The van der Waals surface area contributed by atoms with Crippen molar-refractivity contribution in [2.45, 2.75) is 38.8 Å². The maximum Gasteiger partial charge on any atom is 0.257 e. The molecule has 1 fully saturated rings. The first kappa shape index (κ1) is 25.1. The van der Waals surface area contributed by atoms with Gasteiger partial charge in [0.15, 0.2) is 0 Å². The van der Waals surface area contributed by atoms with E-state index >= 15 is 0 Å². The number of hydrogen-bond donors (Lipinski definition) is 3. The van der Waals surface area contributed by atoms with Crippen molar-refractivity contribution in [2.24, 2.45) is 0 Å². The van der Waals surface area contributed by atoms with E-state index in [-0.39, 0.29) is 17.9 Å². The van der Waals surface area contributed by atoms with Crippen LogP contribution in [0.4, 0.5) is 11.4 Å². The van der Waals surface area contributed by atoms with E-state index in [2.05, 4.69) is 33.0 Å². The first-order valence-corrected chi connectivity index (χ1v) is 13.1. The maximum atomic E-state index is 13.0. The Morgan fingerprint density at radius 1 is 1.05 bits per heavy atom. The lowest BCUT2D eigenvalue weighted by atomic mass is 10.0. The van der Waals surface area contributed by atoms with Gasteiger partial charge in [0.25, 0.3) is 11.8 Å². The van der Waals surface area contributed by atoms with Crippen LogP contribution in [0.3, 0.4) is 0 Å². The number of hydrogen-bond acceptors (Lipinski definition) is 4. The van der Waals surface area contributed by atoms with E-state index in [1.807, 2.05) is 37.3 Å². The molecule has 0 aromatic heterocycles. The molecular formula is C30H31ClN4O2. The summed E-state index contributed by atoms with van der Waals surface area (Å²) in [7, 11) is 0. The Morgan fingerprint density at radius 3 is 2.59 bits per heavy atom. The highest BCUT2D eigenvalue weighted by Crippen LogP contribution is 2.33. The van der Waals surface area contributed by atoms with Gasteiger partial charge in [-0.2, -0.15) is 0 Å². The summed E-state index contributed by atoms with van der Waals surface area (Å²) in [5.74, 6) is -0.416. The number of nitrogens with one attached hydrogen (secondary N) is 3. The number of amides is 2. The van der Waals surface area contributed by atoms with Crippen LogP contribution in [0.5, 0.6) is 0 Å². The van der Waals surface area contributed by atoms with Crippen molar-refractivity contribution in [3.63, 3.8) is 0 Å². The standard InChI is InChI=1S/C30H31ClN4O2/c1-20(22-6-5-7-24(31)16-22)33-29(36)23-10-13-28-26(17-23)27(30(37)34-28)18-32-25-11-8-21(9-12-25)19-35-14-3-2-4-15-35/h5-13,16-18,20,32H,2-4,14-15,19H2,1H3,(H,33,36)(H,34,37)/t20-/m1/s1. The summed E-state index contributed by atoms with van der Waals surface area (Å²) in [5.41, 5.74) is 5.47. The quantitative estimate of drug-likeness (QED) is 0.327. The molecule has 2 aliphatic rings. The zero-order valence-corrected chi connectivity index (χ0v) is 21.6. The van der Waals surface area contributed by atoms with E-state index in [4.69, 9.17) is 11.6 Å². The van der Waals surface area contributed by atoms with E-state index in [0.29, 0.717) is 27.4 Å². The number of likely N-dealkylation sites (tertiary alicyclic amines) is 1. The van der Waals surface area contributed by atoms with Gasteiger partial charge in [0.05, 0.1) is 11.6 Å². The predicted octanol–water partition coefficient (Wildman–Crippen LogP) is 6.22. The Bertz CT molecular complexity index is 1330. The Balaban J connectivity index is 1.26. The third-order valence-electron chi connectivity index (χ3n) is 6.95. The molecule has 3 aromatic rings. The van der Waals surface area contributed by atoms with Crippen LogP contribution in [-0.4, -0.2) is 29.8 Å². The number of halogens is 1. The minimum Gasteiger partial charge on any atom is -0.361 e. The molecular weight excluding hydrogens is 484 g/mol. The van der Waals surface area contributed by atoms with Crippen LogP contribution in [0.25, 0.3) is 5.57 Å². The molecule has 3 N–H and O–H groups in total. The van der Waals surface area contributed by atoms with Crippen molar-refractivity contribution in [3.05, 3.63) is 100 Å². The zero-order chi connectivity index (χ0) is 25.8. The lowest BCUT2D eigenvalue weighted by molar-refractivity contribution is -0.110. The van der Waals surface area contributed by atoms with Gasteiger partial charge in [0.2, 0.25) is 0 Å². The molecule has 0 aliphatic carbocycles. The van der Waals surface area contributed by atoms with Gasteiger partial charge < -0.3 is 16.0 Å². The maximum absolute atomic E-state index is 13.0. The molecule has 0 bridgehead atoms. The van der Waals surface area contributed by atoms with Gasteiger partial charge in [-0.1, -0.05) is 42.3 Å². The van der Waals surface area contributed by atoms with Crippen LogP contribution in [0, 0.1) is 0 Å². The van der Waals surface area contributed by atoms with Gasteiger partial charge in [-0.3, -0.25) is 14.5 Å². The molecule has 1 saturated heterocycles. The number of nitrogens with zero attached hydrogens (tertiary/aromatic N) is 1. The normalized spacial score (nSPS) is 17.2. The SMILES string of the molecule is C[C@@H](NC(=O)c1ccc2c(c1)C(=CNc1ccc(CN3CCCCC3)cc1)C(=O)N2)c1cccc(Cl)c1. The summed E-state index contributed by atoms with van der Waals surface area (Å²) in [4.78, 5) is 28.1. The molecule has 0 spiro atoms. The van der Waals surface area contributed by atoms with Gasteiger partial charge in [0.1, 0.15) is 0 Å². The molecule has 37 heavy (non-hydrogen) atoms. The highest BCUT2D eigenvalue weighted by molar-refractivity contribution is 6.32. The van der Waals surface area contributed by atoms with Crippen LogP contribution in [0.15, 0.2) is 72.9 Å². The van der Waals surface area contributed by atoms with Crippen LogP contribution in [0.1, 0.15) is 59.3 Å². The molecule has 0 saturated carbocycles. The number of carbonyl (C=O) groups is 2. The highest BCUT2D eigenvalue weighted by Gasteiger charge is 2.25. The molecule has 2 amide bonds. The number of rotatable bonds is 7. The average Bonchev–Trinajstić information content (AvgIpc) is 3.22. The van der Waals surface area contributed by atoms with Crippen molar-refractivity contribution in [1.82, 2.24) is 10.2 Å². The van der Waals surface area contributed by atoms with Crippen LogP contribution < -0.4 is 16.0 Å². The van der Waals surface area contributed by atoms with Crippen LogP contribution in [-0.2, 0) is 11.3 Å². The van der Waals surface area contributed by atoms with Crippen molar-refractivity contribution in [2.75, 3.05) is 23.7 Å². The smallest absolute Gasteiger partial charge is 0.257 e. The second-order valence-electron chi connectivity index (χ2n) is 9.70. The monoisotopic (exact) mass is 514 g/mol. The second kappa shape index (κ2) is 11.2. The topological polar surface area (TPSA) is 73.5 Å². The highest BCUT2D eigenvalue weighted by atomic mass is 35.5. The van der Waals surface area contributed by atoms with Crippen molar-refractivity contribution >= 4 is 40.4 Å². The minimum absolute atomic E-state index is 0.200. The predicted molar refractivity (Wildman–Crippen MR) is 150 cm³/mol. The largest absolute Gasteiger partial charge is 0.361 e. The summed E-state index contributed by atoms with van der Waals surface area (Å²) in [6.45, 7) is 5.22. The van der Waals surface area contributed by atoms with E-state index < -0.39 is 0 Å². The zero-order valence-electron chi connectivity index (χ0n) is 20.9. The second-order valence-corrected chi connectivity index (χ2v) is 10.1. The van der Waals surface area contributed by atoms with Gasteiger partial charge in [-0.05, 0) is 86.4 Å². The van der Waals surface area contributed by atoms with E-state index in [1.165, 1.54) is 37.9 Å². The van der Waals surface area contributed by atoms with Gasteiger partial charge in [-0.15, -0.1) is 0 Å². The number of fused-ring (bicyclic) bond motifs is 1. The fraction of sp³-hybridized carbons (Fsp3) is 0.267. The van der Waals surface area contributed by atoms with Crippen molar-refractivity contribution in [3.8, 4) is 0 Å². The molecule has 2 aliphatic heterocycles. The first-order valence-electron chi connectivity index (χ1n) is 12.8. The molecule has 0 unspecified atom stereocenters. The number of anilines is 2. The third kappa shape index (κ3) is 6.04. The fourth-order valence-corrected chi connectivity index (χ4v) is 5.05. The summed E-state index contributed by atoms with van der Waals surface area (Å²) < 4.78 is 0. The van der Waals surface area contributed by atoms with Gasteiger partial charge in [-0.25, -0.2) is 0 Å². The van der Waals surface area contributed by atoms with Crippen LogP contribution >= 0.6 is 11.6 Å². The molecule has 6 nitrogen and oxygen atoms in total. The molecule has 3 aromatic carbocycles. The Hall–Kier alpha value is -3.61. The van der Waals surface area contributed by atoms with Crippen molar-refractivity contribution < 1.29 is 9.59 Å². The summed E-state index contributed by atoms with van der Waals surface area (Å²) in [5, 5.41) is 9.76.